The SMILES string of the molecule is Cc1cccc(OCCN(CC2CCCCN2)C(C)C)c1. The summed E-state index contributed by atoms with van der Waals surface area (Å²) in [5.74, 6) is 0.981. The van der Waals surface area contributed by atoms with Gasteiger partial charge in [0.1, 0.15) is 12.4 Å². The predicted octanol–water partition coefficient (Wildman–Crippen LogP) is 3.23. The van der Waals surface area contributed by atoms with Gasteiger partial charge < -0.3 is 10.1 Å². The highest BCUT2D eigenvalue weighted by Gasteiger charge is 2.18. The van der Waals surface area contributed by atoms with Crippen molar-refractivity contribution in [2.24, 2.45) is 0 Å². The maximum Gasteiger partial charge on any atom is 0.119 e. The number of nitrogens with one attached hydrogen (secondary N) is 1. The molecule has 0 aliphatic carbocycles. The van der Waals surface area contributed by atoms with E-state index >= 15 is 0 Å². The van der Waals surface area contributed by atoms with Gasteiger partial charge in [-0.25, -0.2) is 0 Å². The van der Waals surface area contributed by atoms with Crippen LogP contribution in [0.4, 0.5) is 0 Å². The van der Waals surface area contributed by atoms with Crippen molar-refractivity contribution in [3.05, 3.63) is 29.8 Å². The van der Waals surface area contributed by atoms with Crippen molar-refractivity contribution in [1.82, 2.24) is 10.2 Å². The molecule has 1 saturated heterocycles. The molecule has 1 atom stereocenters. The second-order valence-corrected chi connectivity index (χ2v) is 6.40. The largest absolute Gasteiger partial charge is 0.492 e. The van der Waals surface area contributed by atoms with Gasteiger partial charge in [0.05, 0.1) is 0 Å². The van der Waals surface area contributed by atoms with E-state index in [1.54, 1.807) is 0 Å². The van der Waals surface area contributed by atoms with E-state index in [4.69, 9.17) is 4.74 Å². The highest BCUT2D eigenvalue weighted by Crippen LogP contribution is 2.13. The van der Waals surface area contributed by atoms with Crippen molar-refractivity contribution in [3.8, 4) is 5.75 Å². The van der Waals surface area contributed by atoms with E-state index < -0.39 is 0 Å². The number of hydrogen-bond donors (Lipinski definition) is 1. The summed E-state index contributed by atoms with van der Waals surface area (Å²) in [4.78, 5) is 2.53. The van der Waals surface area contributed by atoms with Crippen LogP contribution in [-0.4, -0.2) is 43.2 Å². The van der Waals surface area contributed by atoms with Crippen molar-refractivity contribution in [1.29, 1.82) is 0 Å². The van der Waals surface area contributed by atoms with Gasteiger partial charge in [0.2, 0.25) is 0 Å². The molecule has 0 bridgehead atoms. The van der Waals surface area contributed by atoms with E-state index in [1.807, 2.05) is 6.07 Å². The Kier molecular flexibility index (Phi) is 6.52. The first-order valence-corrected chi connectivity index (χ1v) is 8.32. The molecule has 1 unspecified atom stereocenters. The van der Waals surface area contributed by atoms with E-state index in [0.29, 0.717) is 12.1 Å². The number of ether oxygens (including phenoxy) is 1. The van der Waals surface area contributed by atoms with Crippen LogP contribution in [0.25, 0.3) is 0 Å². The maximum absolute atomic E-state index is 5.89. The minimum absolute atomic E-state index is 0.565. The Morgan fingerprint density at radius 3 is 2.86 bits per heavy atom. The zero-order chi connectivity index (χ0) is 15.1. The lowest BCUT2D eigenvalue weighted by atomic mass is 10.0. The highest BCUT2D eigenvalue weighted by atomic mass is 16.5. The Labute approximate surface area is 129 Å². The number of rotatable bonds is 7. The van der Waals surface area contributed by atoms with Crippen LogP contribution in [0, 0.1) is 6.92 Å². The quantitative estimate of drug-likeness (QED) is 0.834. The third-order valence-corrected chi connectivity index (χ3v) is 4.23. The standard InChI is InChI=1S/C18H30N2O/c1-15(2)20(14-17-8-4-5-10-19-17)11-12-21-18-9-6-7-16(3)13-18/h6-7,9,13,15,17,19H,4-5,8,10-12,14H2,1-3H3. The average Bonchev–Trinajstić information content (AvgIpc) is 2.47. The van der Waals surface area contributed by atoms with Crippen molar-refractivity contribution in [2.75, 3.05) is 26.2 Å². The molecular weight excluding hydrogens is 260 g/mol. The molecule has 3 nitrogen and oxygen atoms in total. The molecule has 0 radical (unpaired) electrons. The molecule has 0 amide bonds. The highest BCUT2D eigenvalue weighted by molar-refractivity contribution is 5.27. The van der Waals surface area contributed by atoms with E-state index in [9.17, 15) is 0 Å². The van der Waals surface area contributed by atoms with E-state index in [-0.39, 0.29) is 0 Å². The molecule has 21 heavy (non-hydrogen) atoms. The lowest BCUT2D eigenvalue weighted by Crippen LogP contribution is -2.47. The van der Waals surface area contributed by atoms with Crippen molar-refractivity contribution < 1.29 is 4.74 Å². The minimum atomic E-state index is 0.565. The van der Waals surface area contributed by atoms with Gasteiger partial charge >= 0.3 is 0 Å². The minimum Gasteiger partial charge on any atom is -0.492 e. The zero-order valence-corrected chi connectivity index (χ0v) is 13.8. The van der Waals surface area contributed by atoms with Crippen LogP contribution in [0.3, 0.4) is 0 Å². The molecule has 1 N–H and O–H groups in total. The fourth-order valence-electron chi connectivity index (χ4n) is 2.91. The van der Waals surface area contributed by atoms with E-state index in [0.717, 1.165) is 25.4 Å². The van der Waals surface area contributed by atoms with Crippen LogP contribution in [0.5, 0.6) is 5.75 Å². The Morgan fingerprint density at radius 2 is 2.19 bits per heavy atom. The lowest BCUT2D eigenvalue weighted by molar-refractivity contribution is 0.153. The molecule has 0 spiro atoms. The summed E-state index contributed by atoms with van der Waals surface area (Å²) in [5.41, 5.74) is 1.25. The van der Waals surface area contributed by atoms with Crippen molar-refractivity contribution in [3.63, 3.8) is 0 Å². The van der Waals surface area contributed by atoms with Gasteiger partial charge in [-0.1, -0.05) is 18.6 Å². The first-order chi connectivity index (χ1) is 10.1. The summed E-state index contributed by atoms with van der Waals surface area (Å²) in [6.45, 7) is 10.7. The van der Waals surface area contributed by atoms with Gasteiger partial charge in [-0.2, -0.15) is 0 Å². The smallest absolute Gasteiger partial charge is 0.119 e. The molecule has 1 heterocycles. The topological polar surface area (TPSA) is 24.5 Å². The number of aryl methyl sites for hydroxylation is 1. The summed E-state index contributed by atoms with van der Waals surface area (Å²) in [6, 6.07) is 9.51. The Balaban J connectivity index is 1.77. The monoisotopic (exact) mass is 290 g/mol. The van der Waals surface area contributed by atoms with Crippen LogP contribution < -0.4 is 10.1 Å². The summed E-state index contributed by atoms with van der Waals surface area (Å²) >= 11 is 0. The van der Waals surface area contributed by atoms with Crippen LogP contribution in [0.2, 0.25) is 0 Å². The third-order valence-electron chi connectivity index (χ3n) is 4.23. The Morgan fingerprint density at radius 1 is 1.33 bits per heavy atom. The molecule has 0 saturated carbocycles. The predicted molar refractivity (Wildman–Crippen MR) is 89.0 cm³/mol. The van der Waals surface area contributed by atoms with Gasteiger partial charge in [-0.3, -0.25) is 4.90 Å². The van der Waals surface area contributed by atoms with Gasteiger partial charge in [0, 0.05) is 25.2 Å². The molecule has 1 aromatic carbocycles. The van der Waals surface area contributed by atoms with Crippen LogP contribution >= 0.6 is 0 Å². The van der Waals surface area contributed by atoms with Crippen LogP contribution in [0.15, 0.2) is 24.3 Å². The first-order valence-electron chi connectivity index (χ1n) is 8.32. The molecule has 1 fully saturated rings. The average molecular weight is 290 g/mol. The summed E-state index contributed by atoms with van der Waals surface area (Å²) in [7, 11) is 0. The second kappa shape index (κ2) is 8.40. The molecule has 1 aliphatic heterocycles. The Hall–Kier alpha value is -1.06. The van der Waals surface area contributed by atoms with Crippen molar-refractivity contribution in [2.45, 2.75) is 52.1 Å². The lowest BCUT2D eigenvalue weighted by Gasteiger charge is -2.33. The third kappa shape index (κ3) is 5.68. The fraction of sp³-hybridized carbons (Fsp3) is 0.667. The van der Waals surface area contributed by atoms with Crippen LogP contribution in [0.1, 0.15) is 38.7 Å². The molecule has 2 rings (SSSR count). The molecule has 1 aromatic rings. The molecule has 1 aliphatic rings. The fourth-order valence-corrected chi connectivity index (χ4v) is 2.91. The number of piperidine rings is 1. The first kappa shape index (κ1) is 16.3. The number of benzene rings is 1. The maximum atomic E-state index is 5.89. The van der Waals surface area contributed by atoms with E-state index in [2.05, 4.69) is 49.2 Å². The summed E-state index contributed by atoms with van der Waals surface area (Å²) in [5, 5.41) is 3.64. The normalized spacial score (nSPS) is 19.2. The van der Waals surface area contributed by atoms with Crippen LogP contribution in [-0.2, 0) is 0 Å². The molecule has 3 heteroatoms. The van der Waals surface area contributed by atoms with Gasteiger partial charge in [-0.15, -0.1) is 0 Å². The summed E-state index contributed by atoms with van der Waals surface area (Å²) < 4.78 is 5.89. The molecule has 118 valence electrons. The van der Waals surface area contributed by atoms with Gasteiger partial charge in [-0.05, 0) is 57.9 Å². The van der Waals surface area contributed by atoms with Gasteiger partial charge in [0.15, 0.2) is 0 Å². The Bertz CT molecular complexity index is 413. The second-order valence-electron chi connectivity index (χ2n) is 6.40. The number of nitrogens with zero attached hydrogens (tertiary/aromatic N) is 1. The van der Waals surface area contributed by atoms with E-state index in [1.165, 1.54) is 31.4 Å². The summed E-state index contributed by atoms with van der Waals surface area (Å²) in [6.07, 6.45) is 4.00. The van der Waals surface area contributed by atoms with Gasteiger partial charge in [0.25, 0.3) is 0 Å². The number of hydrogen-bond acceptors (Lipinski definition) is 3. The molecule has 0 aromatic heterocycles. The van der Waals surface area contributed by atoms with Crippen molar-refractivity contribution >= 4 is 0 Å². The zero-order valence-electron chi connectivity index (χ0n) is 13.8. The molecular formula is C18H30N2O.